The van der Waals surface area contributed by atoms with Crippen LogP contribution in [0, 0.1) is 5.82 Å². The molecule has 0 bridgehead atoms. The molecule has 37 heavy (non-hydrogen) atoms. The van der Waals surface area contributed by atoms with Crippen molar-refractivity contribution in [3.05, 3.63) is 65.6 Å². The zero-order valence-corrected chi connectivity index (χ0v) is 20.3. The highest BCUT2D eigenvalue weighted by Gasteiger charge is 2.27. The quantitative estimate of drug-likeness (QED) is 0.369. The number of H-pyrrole nitrogens is 1. The molecule has 1 aliphatic heterocycles. The maximum absolute atomic E-state index is 14.6. The van der Waals surface area contributed by atoms with Gasteiger partial charge in [0.2, 0.25) is 0 Å². The van der Waals surface area contributed by atoms with Gasteiger partial charge in [-0.3, -0.25) is 14.9 Å². The van der Waals surface area contributed by atoms with Gasteiger partial charge in [0, 0.05) is 61.1 Å². The number of aliphatic imine (C=N–C) groups is 1. The molecule has 3 heterocycles. The third kappa shape index (κ3) is 4.68. The molecule has 11 heteroatoms. The smallest absolute Gasteiger partial charge is 0.254 e. The number of aromatic amines is 1. The van der Waals surface area contributed by atoms with Crippen molar-refractivity contribution in [2.45, 2.75) is 0 Å². The summed E-state index contributed by atoms with van der Waals surface area (Å²) in [6.45, 7) is 1.43. The van der Waals surface area contributed by atoms with Gasteiger partial charge in [0.15, 0.2) is 17.3 Å². The molecule has 1 aliphatic rings. The molecule has 0 aliphatic carbocycles. The van der Waals surface area contributed by atoms with Crippen molar-refractivity contribution in [1.29, 1.82) is 0 Å². The third-order valence-electron chi connectivity index (χ3n) is 6.16. The third-order valence-corrected chi connectivity index (χ3v) is 6.16. The van der Waals surface area contributed by atoms with Crippen LogP contribution in [0.4, 0.5) is 4.39 Å². The Bertz CT molecular complexity index is 1490. The highest BCUT2D eigenvalue weighted by Crippen LogP contribution is 2.33. The number of fused-ring (bicyclic) bond motifs is 1. The molecule has 0 spiro atoms. The van der Waals surface area contributed by atoms with Crippen LogP contribution in [0.2, 0.25) is 0 Å². The van der Waals surface area contributed by atoms with Crippen LogP contribution in [-0.2, 0) is 4.74 Å². The van der Waals surface area contributed by atoms with Crippen molar-refractivity contribution < 1.29 is 23.2 Å². The van der Waals surface area contributed by atoms with Crippen molar-refractivity contribution >= 4 is 22.5 Å². The van der Waals surface area contributed by atoms with Crippen LogP contribution in [0.15, 0.2) is 63.8 Å². The molecule has 1 saturated heterocycles. The number of likely N-dealkylation sites (tertiary alicyclic amines) is 1. The molecule has 1 fully saturated rings. The Morgan fingerprint density at radius 3 is 2.76 bits per heavy atom. The fraction of sp³-hybridized carbons (Fsp3) is 0.231. The first kappa shape index (κ1) is 24.2. The van der Waals surface area contributed by atoms with Crippen LogP contribution in [-0.4, -0.2) is 72.3 Å². The monoisotopic (exact) mass is 504 g/mol. The van der Waals surface area contributed by atoms with Gasteiger partial charge in [-0.25, -0.2) is 4.39 Å². The first-order chi connectivity index (χ1) is 18.0. The lowest BCUT2D eigenvalue weighted by Crippen LogP contribution is -2.28. The number of nitrogens with two attached hydrogens (primary N) is 1. The number of rotatable bonds is 7. The van der Waals surface area contributed by atoms with Crippen LogP contribution < -0.4 is 10.5 Å². The number of nitrogens with zero attached hydrogens (tertiary/aromatic N) is 4. The fourth-order valence-corrected chi connectivity index (χ4v) is 4.18. The lowest BCUT2D eigenvalue weighted by atomic mass is 10.1. The SMILES string of the molecule is CN=C1CN(C(=O)c2ccc(-c3cc(-c4n[nH]c5cc(OCCOC)c(F)cc45)on3)cc2)CC1=CN. The molecule has 190 valence electrons. The summed E-state index contributed by atoms with van der Waals surface area (Å²) in [5.74, 6) is -0.148. The van der Waals surface area contributed by atoms with Gasteiger partial charge in [-0.15, -0.1) is 0 Å². The van der Waals surface area contributed by atoms with E-state index < -0.39 is 5.82 Å². The number of hydrogen-bond acceptors (Lipinski definition) is 8. The van der Waals surface area contributed by atoms with Crippen LogP contribution in [0.3, 0.4) is 0 Å². The van der Waals surface area contributed by atoms with E-state index in [-0.39, 0.29) is 18.3 Å². The zero-order chi connectivity index (χ0) is 25.9. The summed E-state index contributed by atoms with van der Waals surface area (Å²) in [6.07, 6.45) is 1.49. The Kier molecular flexibility index (Phi) is 6.69. The predicted molar refractivity (Wildman–Crippen MR) is 136 cm³/mol. The molecule has 2 aromatic heterocycles. The number of nitrogens with one attached hydrogen (secondary N) is 1. The van der Waals surface area contributed by atoms with E-state index in [1.807, 2.05) is 0 Å². The predicted octanol–water partition coefficient (Wildman–Crippen LogP) is 3.42. The van der Waals surface area contributed by atoms with E-state index in [1.165, 1.54) is 12.3 Å². The van der Waals surface area contributed by atoms with E-state index in [9.17, 15) is 9.18 Å². The summed E-state index contributed by atoms with van der Waals surface area (Å²) < 4.78 is 30.5. The zero-order valence-electron chi connectivity index (χ0n) is 20.3. The van der Waals surface area contributed by atoms with Gasteiger partial charge >= 0.3 is 0 Å². The van der Waals surface area contributed by atoms with Gasteiger partial charge in [0.1, 0.15) is 18.0 Å². The van der Waals surface area contributed by atoms with Crippen LogP contribution in [0.1, 0.15) is 10.4 Å². The number of halogens is 1. The summed E-state index contributed by atoms with van der Waals surface area (Å²) >= 11 is 0. The summed E-state index contributed by atoms with van der Waals surface area (Å²) in [5.41, 5.74) is 10.2. The van der Waals surface area contributed by atoms with E-state index in [2.05, 4.69) is 20.3 Å². The van der Waals surface area contributed by atoms with Crippen molar-refractivity contribution in [2.75, 3.05) is 40.5 Å². The molecular weight excluding hydrogens is 479 g/mol. The molecule has 0 unspecified atom stereocenters. The van der Waals surface area contributed by atoms with Gasteiger partial charge in [0.25, 0.3) is 5.91 Å². The summed E-state index contributed by atoms with van der Waals surface area (Å²) in [6, 6.07) is 11.7. The molecule has 10 nitrogen and oxygen atoms in total. The molecule has 0 radical (unpaired) electrons. The van der Waals surface area contributed by atoms with Crippen molar-refractivity contribution in [3.63, 3.8) is 0 Å². The molecule has 0 saturated carbocycles. The summed E-state index contributed by atoms with van der Waals surface area (Å²) in [7, 11) is 3.23. The maximum Gasteiger partial charge on any atom is 0.254 e. The first-order valence-corrected chi connectivity index (χ1v) is 11.5. The van der Waals surface area contributed by atoms with Gasteiger partial charge in [-0.1, -0.05) is 17.3 Å². The Balaban J connectivity index is 1.34. The lowest BCUT2D eigenvalue weighted by Gasteiger charge is -2.14. The van der Waals surface area contributed by atoms with Crippen molar-refractivity contribution in [1.82, 2.24) is 20.3 Å². The summed E-state index contributed by atoms with van der Waals surface area (Å²) in [4.78, 5) is 18.8. The normalized spacial score (nSPS) is 15.8. The standard InChI is InChI=1S/C26H25FN6O4/c1-29-22-14-33(13-17(22)12-28)26(34)16-5-3-15(4-6-16)20-10-24(37-32-20)25-18-9-19(27)23(36-8-7-35-2)11-21(18)30-31-25/h3-6,9-12H,7-8,13-14,28H2,1-2H3,(H,30,31). The number of carbonyl (C=O) groups excluding carboxylic acids is 1. The van der Waals surface area contributed by atoms with Crippen LogP contribution in [0.25, 0.3) is 33.6 Å². The van der Waals surface area contributed by atoms with Crippen LogP contribution in [0.5, 0.6) is 5.75 Å². The summed E-state index contributed by atoms with van der Waals surface area (Å²) in [5, 5.41) is 11.8. The molecule has 5 rings (SSSR count). The second kappa shape index (κ2) is 10.2. The Morgan fingerprint density at radius 2 is 2.05 bits per heavy atom. The average Bonchev–Trinajstić information content (AvgIpc) is 3.66. The van der Waals surface area contributed by atoms with Gasteiger partial charge in [-0.2, -0.15) is 5.10 Å². The van der Waals surface area contributed by atoms with E-state index in [4.69, 9.17) is 19.7 Å². The minimum absolute atomic E-state index is 0.107. The minimum atomic E-state index is -0.518. The number of hydrogen-bond donors (Lipinski definition) is 2. The molecular formula is C26H25FN6O4. The van der Waals surface area contributed by atoms with Crippen molar-refractivity contribution in [2.24, 2.45) is 10.7 Å². The maximum atomic E-state index is 14.6. The first-order valence-electron chi connectivity index (χ1n) is 11.5. The van der Waals surface area contributed by atoms with E-state index in [1.54, 1.807) is 55.5 Å². The van der Waals surface area contributed by atoms with Crippen LogP contribution >= 0.6 is 0 Å². The van der Waals surface area contributed by atoms with E-state index in [0.29, 0.717) is 53.3 Å². The number of amides is 1. The lowest BCUT2D eigenvalue weighted by molar-refractivity contribution is 0.0804. The minimum Gasteiger partial charge on any atom is -0.488 e. The number of ether oxygens (including phenoxy) is 2. The average molecular weight is 505 g/mol. The number of benzene rings is 2. The largest absolute Gasteiger partial charge is 0.488 e. The van der Waals surface area contributed by atoms with Gasteiger partial charge < -0.3 is 24.6 Å². The Labute approximate surface area is 211 Å². The Hall–Kier alpha value is -4.51. The number of carbonyl (C=O) groups is 1. The van der Waals surface area contributed by atoms with Crippen molar-refractivity contribution in [3.8, 4) is 28.5 Å². The molecule has 2 aromatic carbocycles. The Morgan fingerprint density at radius 1 is 1.24 bits per heavy atom. The van der Waals surface area contributed by atoms with Gasteiger partial charge in [0.05, 0.1) is 24.4 Å². The highest BCUT2D eigenvalue weighted by molar-refractivity contribution is 6.08. The second-order valence-electron chi connectivity index (χ2n) is 8.42. The molecule has 1 amide bonds. The molecule has 0 atom stereocenters. The number of aromatic nitrogens is 3. The molecule has 4 aromatic rings. The fourth-order valence-electron chi connectivity index (χ4n) is 4.18. The number of methoxy groups -OCH3 is 1. The second-order valence-corrected chi connectivity index (χ2v) is 8.42. The highest BCUT2D eigenvalue weighted by atomic mass is 19.1. The molecule has 3 N–H and O–H groups in total. The van der Waals surface area contributed by atoms with E-state index >= 15 is 0 Å². The topological polar surface area (TPSA) is 132 Å². The van der Waals surface area contributed by atoms with Gasteiger partial charge in [-0.05, 0) is 18.2 Å². The van der Waals surface area contributed by atoms with E-state index in [0.717, 1.165) is 16.8 Å².